The molecule has 0 unspecified atom stereocenters. The number of furan rings is 1. The van der Waals surface area contributed by atoms with E-state index in [0.29, 0.717) is 6.54 Å². The molecule has 1 heterocycles. The summed E-state index contributed by atoms with van der Waals surface area (Å²) in [6.07, 6.45) is 1.68. The molecule has 0 amide bonds. The summed E-state index contributed by atoms with van der Waals surface area (Å²) in [6, 6.07) is 8.05. The highest BCUT2D eigenvalue weighted by molar-refractivity contribution is 9.10. The Morgan fingerprint density at radius 2 is 2.13 bits per heavy atom. The number of rotatable bonds is 2. The Balaban J connectivity index is 2.50. The van der Waals surface area contributed by atoms with E-state index in [1.165, 1.54) is 5.56 Å². The molecule has 0 spiro atoms. The summed E-state index contributed by atoms with van der Waals surface area (Å²) in [5.41, 5.74) is 9.00. The first-order valence-corrected chi connectivity index (χ1v) is 5.54. The van der Waals surface area contributed by atoms with E-state index in [-0.39, 0.29) is 0 Å². The Morgan fingerprint density at radius 1 is 1.33 bits per heavy atom. The summed E-state index contributed by atoms with van der Waals surface area (Å²) >= 11 is 3.45. The van der Waals surface area contributed by atoms with Gasteiger partial charge in [0.25, 0.3) is 0 Å². The van der Waals surface area contributed by atoms with Crippen LogP contribution >= 0.6 is 15.9 Å². The SMILES string of the molecule is Cc1cc(CN)ccc1-c1occc1Br. The van der Waals surface area contributed by atoms with Gasteiger partial charge in [-0.3, -0.25) is 0 Å². The lowest BCUT2D eigenvalue weighted by Gasteiger charge is -2.05. The van der Waals surface area contributed by atoms with E-state index in [1.54, 1.807) is 6.26 Å². The second-order valence-electron chi connectivity index (χ2n) is 3.45. The minimum atomic E-state index is 0.570. The molecular weight excluding hydrogens is 254 g/mol. The van der Waals surface area contributed by atoms with Gasteiger partial charge in [0.05, 0.1) is 10.7 Å². The van der Waals surface area contributed by atoms with Crippen LogP contribution in [-0.2, 0) is 6.54 Å². The lowest BCUT2D eigenvalue weighted by Crippen LogP contribution is -1.96. The molecule has 0 saturated carbocycles. The van der Waals surface area contributed by atoms with Crippen LogP contribution in [0.4, 0.5) is 0 Å². The average molecular weight is 266 g/mol. The van der Waals surface area contributed by atoms with Gasteiger partial charge in [-0.2, -0.15) is 0 Å². The molecular formula is C12H12BrNO. The molecule has 1 aromatic carbocycles. The first kappa shape index (κ1) is 10.5. The number of hydrogen-bond acceptors (Lipinski definition) is 2. The molecule has 3 heteroatoms. The van der Waals surface area contributed by atoms with Crippen molar-refractivity contribution < 1.29 is 4.42 Å². The zero-order valence-electron chi connectivity index (χ0n) is 8.46. The zero-order valence-corrected chi connectivity index (χ0v) is 10.0. The van der Waals surface area contributed by atoms with Crippen LogP contribution in [0.3, 0.4) is 0 Å². The van der Waals surface area contributed by atoms with Crippen LogP contribution in [0.2, 0.25) is 0 Å². The first-order valence-electron chi connectivity index (χ1n) is 4.75. The maximum Gasteiger partial charge on any atom is 0.148 e. The Labute approximate surface area is 97.2 Å². The van der Waals surface area contributed by atoms with E-state index in [4.69, 9.17) is 10.2 Å². The molecule has 0 atom stereocenters. The van der Waals surface area contributed by atoms with Crippen molar-refractivity contribution in [3.05, 3.63) is 46.1 Å². The maximum absolute atomic E-state index is 5.58. The standard InChI is InChI=1S/C12H12BrNO/c1-8-6-9(7-14)2-3-10(8)12-11(13)4-5-15-12/h2-6H,7,14H2,1H3. The smallest absolute Gasteiger partial charge is 0.148 e. The molecule has 2 rings (SSSR count). The maximum atomic E-state index is 5.58. The number of aryl methyl sites for hydroxylation is 1. The van der Waals surface area contributed by atoms with E-state index in [9.17, 15) is 0 Å². The highest BCUT2D eigenvalue weighted by Gasteiger charge is 2.09. The third-order valence-corrected chi connectivity index (χ3v) is 3.01. The molecule has 0 aliphatic rings. The Bertz CT molecular complexity index is 476. The third kappa shape index (κ3) is 1.98. The summed E-state index contributed by atoms with van der Waals surface area (Å²) in [6.45, 7) is 2.63. The Kier molecular flexibility index (Phi) is 2.93. The van der Waals surface area contributed by atoms with Gasteiger partial charge in [0.2, 0.25) is 0 Å². The van der Waals surface area contributed by atoms with Crippen molar-refractivity contribution in [3.63, 3.8) is 0 Å². The Morgan fingerprint density at radius 3 is 2.67 bits per heavy atom. The fraction of sp³-hybridized carbons (Fsp3) is 0.167. The fourth-order valence-corrected chi connectivity index (χ4v) is 2.01. The summed E-state index contributed by atoms with van der Waals surface area (Å²) in [7, 11) is 0. The van der Waals surface area contributed by atoms with Gasteiger partial charge >= 0.3 is 0 Å². The third-order valence-electron chi connectivity index (χ3n) is 2.39. The molecule has 2 nitrogen and oxygen atoms in total. The summed E-state index contributed by atoms with van der Waals surface area (Å²) in [5.74, 6) is 0.871. The summed E-state index contributed by atoms with van der Waals surface area (Å²) in [4.78, 5) is 0. The molecule has 78 valence electrons. The first-order chi connectivity index (χ1) is 7.22. The van der Waals surface area contributed by atoms with E-state index in [0.717, 1.165) is 21.4 Å². The minimum absolute atomic E-state index is 0.570. The summed E-state index contributed by atoms with van der Waals surface area (Å²) < 4.78 is 6.40. The molecule has 0 saturated heterocycles. The van der Waals surface area contributed by atoms with Gasteiger partial charge in [0, 0.05) is 12.1 Å². The Hall–Kier alpha value is -1.06. The number of hydrogen-bond donors (Lipinski definition) is 1. The van der Waals surface area contributed by atoms with Crippen LogP contribution in [0.25, 0.3) is 11.3 Å². The second-order valence-corrected chi connectivity index (χ2v) is 4.31. The normalized spacial score (nSPS) is 10.6. The monoisotopic (exact) mass is 265 g/mol. The van der Waals surface area contributed by atoms with Crippen molar-refractivity contribution in [1.82, 2.24) is 0 Å². The average Bonchev–Trinajstić information content (AvgIpc) is 2.64. The largest absolute Gasteiger partial charge is 0.463 e. The van der Waals surface area contributed by atoms with Gasteiger partial charge in [-0.25, -0.2) is 0 Å². The zero-order chi connectivity index (χ0) is 10.8. The van der Waals surface area contributed by atoms with E-state index >= 15 is 0 Å². The van der Waals surface area contributed by atoms with Crippen LogP contribution in [-0.4, -0.2) is 0 Å². The van der Waals surface area contributed by atoms with Crippen molar-refractivity contribution in [2.75, 3.05) is 0 Å². The van der Waals surface area contributed by atoms with Gasteiger partial charge < -0.3 is 10.2 Å². The molecule has 1 aromatic heterocycles. The summed E-state index contributed by atoms with van der Waals surface area (Å²) in [5, 5.41) is 0. The van der Waals surface area contributed by atoms with E-state index in [2.05, 4.69) is 28.9 Å². The van der Waals surface area contributed by atoms with Gasteiger partial charge in [-0.1, -0.05) is 18.2 Å². The van der Waals surface area contributed by atoms with Gasteiger partial charge in [-0.05, 0) is 40.0 Å². The van der Waals surface area contributed by atoms with Crippen molar-refractivity contribution >= 4 is 15.9 Å². The van der Waals surface area contributed by atoms with Gasteiger partial charge in [0.15, 0.2) is 0 Å². The minimum Gasteiger partial charge on any atom is -0.463 e. The molecule has 2 aromatic rings. The van der Waals surface area contributed by atoms with Crippen molar-refractivity contribution in [2.45, 2.75) is 13.5 Å². The van der Waals surface area contributed by atoms with Crippen molar-refractivity contribution in [3.8, 4) is 11.3 Å². The predicted molar refractivity (Wildman–Crippen MR) is 64.5 cm³/mol. The van der Waals surface area contributed by atoms with Gasteiger partial charge in [0.1, 0.15) is 5.76 Å². The number of nitrogens with two attached hydrogens (primary N) is 1. The molecule has 0 aliphatic carbocycles. The topological polar surface area (TPSA) is 39.2 Å². The van der Waals surface area contributed by atoms with Crippen LogP contribution in [0.15, 0.2) is 39.4 Å². The van der Waals surface area contributed by atoms with E-state index < -0.39 is 0 Å². The van der Waals surface area contributed by atoms with Crippen molar-refractivity contribution in [1.29, 1.82) is 0 Å². The second kappa shape index (κ2) is 4.21. The highest BCUT2D eigenvalue weighted by Crippen LogP contribution is 2.31. The fourth-order valence-electron chi connectivity index (χ4n) is 1.59. The molecule has 2 N–H and O–H groups in total. The van der Waals surface area contributed by atoms with Crippen LogP contribution in [0.1, 0.15) is 11.1 Å². The molecule has 15 heavy (non-hydrogen) atoms. The van der Waals surface area contributed by atoms with Crippen molar-refractivity contribution in [2.24, 2.45) is 5.73 Å². The predicted octanol–water partition coefficient (Wildman–Crippen LogP) is 3.48. The van der Waals surface area contributed by atoms with Crippen LogP contribution < -0.4 is 5.73 Å². The number of halogens is 1. The molecule has 0 radical (unpaired) electrons. The molecule has 0 fully saturated rings. The van der Waals surface area contributed by atoms with E-state index in [1.807, 2.05) is 18.2 Å². The lowest BCUT2D eigenvalue weighted by molar-refractivity contribution is 0.581. The number of benzene rings is 1. The molecule has 0 bridgehead atoms. The molecule has 0 aliphatic heterocycles. The quantitative estimate of drug-likeness (QED) is 0.903. The highest BCUT2D eigenvalue weighted by atomic mass is 79.9. The lowest BCUT2D eigenvalue weighted by atomic mass is 10.0. The van der Waals surface area contributed by atoms with Crippen LogP contribution in [0.5, 0.6) is 0 Å². The van der Waals surface area contributed by atoms with Crippen LogP contribution in [0, 0.1) is 6.92 Å². The van der Waals surface area contributed by atoms with Gasteiger partial charge in [-0.15, -0.1) is 0 Å².